The van der Waals surface area contributed by atoms with E-state index in [4.69, 9.17) is 11.5 Å². The smallest absolute Gasteiger partial charge is 0.367 e. The highest BCUT2D eigenvalue weighted by Gasteiger charge is 2.31. The van der Waals surface area contributed by atoms with Gasteiger partial charge in [-0.3, -0.25) is 9.59 Å². The van der Waals surface area contributed by atoms with Crippen LogP contribution in [-0.2, 0) is 15.8 Å². The van der Waals surface area contributed by atoms with Crippen LogP contribution in [0.2, 0.25) is 0 Å². The molecule has 0 radical (unpaired) electrons. The number of amides is 4. The zero-order valence-corrected chi connectivity index (χ0v) is 12.0. The molecule has 4 amide bonds. The number of nitrogens with two attached hydrogens (primary N) is 2. The second-order valence-electron chi connectivity index (χ2n) is 4.70. The standard InChI is InChI=1S/C13H15F3N4O3/c1-6(7-3-2-4-8(5-7)13(14,15)16)19-12(23)20-9(10(17)21)11(18)22/h2-6,9H,1H3,(H2,17,21)(H2,18,22)(H2,19,20,23)/t6-/m0/s1. The predicted molar refractivity (Wildman–Crippen MR) is 73.7 cm³/mol. The molecule has 0 saturated carbocycles. The molecule has 0 aliphatic heterocycles. The zero-order chi connectivity index (χ0) is 17.8. The first-order valence-electron chi connectivity index (χ1n) is 6.35. The van der Waals surface area contributed by atoms with Crippen molar-refractivity contribution in [1.82, 2.24) is 10.6 Å². The molecule has 0 aliphatic carbocycles. The van der Waals surface area contributed by atoms with E-state index in [0.29, 0.717) is 0 Å². The summed E-state index contributed by atoms with van der Waals surface area (Å²) in [4.78, 5) is 33.6. The van der Waals surface area contributed by atoms with Gasteiger partial charge in [0.2, 0.25) is 11.8 Å². The van der Waals surface area contributed by atoms with Gasteiger partial charge in [0.15, 0.2) is 6.04 Å². The fourth-order valence-electron chi connectivity index (χ4n) is 1.72. The number of urea groups is 1. The lowest BCUT2D eigenvalue weighted by Crippen LogP contribution is -2.55. The second-order valence-corrected chi connectivity index (χ2v) is 4.70. The van der Waals surface area contributed by atoms with Gasteiger partial charge in [0.1, 0.15) is 0 Å². The summed E-state index contributed by atoms with van der Waals surface area (Å²) < 4.78 is 37.9. The molecule has 0 heterocycles. The van der Waals surface area contributed by atoms with Crippen LogP contribution < -0.4 is 22.1 Å². The Morgan fingerprint density at radius 1 is 1.09 bits per heavy atom. The topological polar surface area (TPSA) is 127 Å². The minimum Gasteiger partial charge on any atom is -0.367 e. The van der Waals surface area contributed by atoms with E-state index >= 15 is 0 Å². The molecule has 10 heteroatoms. The summed E-state index contributed by atoms with van der Waals surface area (Å²) in [6.45, 7) is 1.43. The maximum absolute atomic E-state index is 12.6. The first-order valence-corrected chi connectivity index (χ1v) is 6.35. The van der Waals surface area contributed by atoms with Gasteiger partial charge in [-0.1, -0.05) is 12.1 Å². The van der Waals surface area contributed by atoms with Gasteiger partial charge in [-0.25, -0.2) is 4.79 Å². The maximum Gasteiger partial charge on any atom is 0.416 e. The monoisotopic (exact) mass is 332 g/mol. The Balaban J connectivity index is 2.80. The van der Waals surface area contributed by atoms with Gasteiger partial charge in [-0.15, -0.1) is 0 Å². The number of nitrogens with one attached hydrogen (secondary N) is 2. The molecule has 1 rings (SSSR count). The predicted octanol–water partition coefficient (Wildman–Crippen LogP) is 0.405. The Hall–Kier alpha value is -2.78. The Morgan fingerprint density at radius 3 is 2.13 bits per heavy atom. The van der Waals surface area contributed by atoms with Crippen LogP contribution in [0.25, 0.3) is 0 Å². The summed E-state index contributed by atoms with van der Waals surface area (Å²) in [5.74, 6) is -2.31. The number of hydrogen-bond acceptors (Lipinski definition) is 3. The largest absolute Gasteiger partial charge is 0.416 e. The highest BCUT2D eigenvalue weighted by Crippen LogP contribution is 2.30. The lowest BCUT2D eigenvalue weighted by atomic mass is 10.1. The molecule has 126 valence electrons. The van der Waals surface area contributed by atoms with Crippen LogP contribution in [0, 0.1) is 0 Å². The lowest BCUT2D eigenvalue weighted by molar-refractivity contribution is -0.137. The van der Waals surface area contributed by atoms with Gasteiger partial charge in [-0.2, -0.15) is 13.2 Å². The average Bonchev–Trinajstić information content (AvgIpc) is 2.43. The van der Waals surface area contributed by atoms with E-state index in [9.17, 15) is 27.6 Å². The minimum atomic E-state index is -4.51. The molecule has 6 N–H and O–H groups in total. The fraction of sp³-hybridized carbons (Fsp3) is 0.308. The van der Waals surface area contributed by atoms with Crippen molar-refractivity contribution in [3.8, 4) is 0 Å². The van der Waals surface area contributed by atoms with Crippen LogP contribution in [0.5, 0.6) is 0 Å². The second kappa shape index (κ2) is 6.99. The maximum atomic E-state index is 12.6. The number of primary amides is 2. The Bertz CT molecular complexity index is 605. The summed E-state index contributed by atoms with van der Waals surface area (Å²) in [6, 6.07) is 0.848. The van der Waals surface area contributed by atoms with Crippen molar-refractivity contribution in [1.29, 1.82) is 0 Å². The fourth-order valence-corrected chi connectivity index (χ4v) is 1.72. The van der Waals surface area contributed by atoms with E-state index in [0.717, 1.165) is 12.1 Å². The van der Waals surface area contributed by atoms with Gasteiger partial charge >= 0.3 is 12.2 Å². The lowest BCUT2D eigenvalue weighted by Gasteiger charge is -2.18. The Labute approximate surface area is 129 Å². The molecule has 0 fully saturated rings. The van der Waals surface area contributed by atoms with Crippen molar-refractivity contribution in [3.63, 3.8) is 0 Å². The third-order valence-electron chi connectivity index (χ3n) is 2.91. The summed E-state index contributed by atoms with van der Waals surface area (Å²) in [5, 5.41) is 4.22. The first-order chi connectivity index (χ1) is 10.5. The van der Waals surface area contributed by atoms with Gasteiger partial charge in [0.05, 0.1) is 11.6 Å². The van der Waals surface area contributed by atoms with Crippen molar-refractivity contribution in [3.05, 3.63) is 35.4 Å². The summed E-state index contributed by atoms with van der Waals surface area (Å²) in [6.07, 6.45) is -4.51. The van der Waals surface area contributed by atoms with E-state index in [1.807, 2.05) is 5.32 Å². The Morgan fingerprint density at radius 2 is 1.65 bits per heavy atom. The molecule has 0 saturated heterocycles. The van der Waals surface area contributed by atoms with E-state index in [2.05, 4.69) is 5.32 Å². The van der Waals surface area contributed by atoms with E-state index < -0.39 is 41.7 Å². The van der Waals surface area contributed by atoms with E-state index in [-0.39, 0.29) is 5.56 Å². The van der Waals surface area contributed by atoms with Crippen molar-refractivity contribution in [2.24, 2.45) is 11.5 Å². The van der Waals surface area contributed by atoms with Gasteiger partial charge in [-0.05, 0) is 24.6 Å². The highest BCUT2D eigenvalue weighted by molar-refractivity contribution is 6.05. The van der Waals surface area contributed by atoms with E-state index in [1.54, 1.807) is 0 Å². The third kappa shape index (κ3) is 5.16. The van der Waals surface area contributed by atoms with Gasteiger partial charge in [0, 0.05) is 0 Å². The molecule has 0 unspecified atom stereocenters. The summed E-state index contributed by atoms with van der Waals surface area (Å²) >= 11 is 0. The van der Waals surface area contributed by atoms with Crippen LogP contribution >= 0.6 is 0 Å². The summed E-state index contributed by atoms with van der Waals surface area (Å²) in [7, 11) is 0. The van der Waals surface area contributed by atoms with Crippen LogP contribution in [0.3, 0.4) is 0 Å². The number of carbonyl (C=O) groups is 3. The van der Waals surface area contributed by atoms with Crippen molar-refractivity contribution >= 4 is 17.8 Å². The van der Waals surface area contributed by atoms with Crippen LogP contribution in [0.4, 0.5) is 18.0 Å². The van der Waals surface area contributed by atoms with Gasteiger partial charge < -0.3 is 22.1 Å². The number of halogens is 3. The highest BCUT2D eigenvalue weighted by atomic mass is 19.4. The van der Waals surface area contributed by atoms with Crippen molar-refractivity contribution in [2.75, 3.05) is 0 Å². The van der Waals surface area contributed by atoms with Gasteiger partial charge in [0.25, 0.3) is 0 Å². The number of hydrogen-bond donors (Lipinski definition) is 4. The average molecular weight is 332 g/mol. The molecule has 7 nitrogen and oxygen atoms in total. The molecule has 1 aromatic carbocycles. The zero-order valence-electron chi connectivity index (χ0n) is 12.0. The molecule has 0 spiro atoms. The number of rotatable bonds is 5. The Kier molecular flexibility index (Phi) is 5.55. The normalized spacial score (nSPS) is 12.6. The van der Waals surface area contributed by atoms with Crippen molar-refractivity contribution in [2.45, 2.75) is 25.2 Å². The molecular weight excluding hydrogens is 317 g/mol. The summed E-state index contributed by atoms with van der Waals surface area (Å²) in [5.41, 5.74) is 9.10. The van der Waals surface area contributed by atoms with E-state index in [1.165, 1.54) is 19.1 Å². The molecule has 0 aromatic heterocycles. The molecule has 0 aliphatic rings. The SMILES string of the molecule is C[C@H](NC(=O)NC(C(N)=O)C(N)=O)c1cccc(C(F)(F)F)c1. The van der Waals surface area contributed by atoms with Crippen LogP contribution in [0.15, 0.2) is 24.3 Å². The van der Waals surface area contributed by atoms with Crippen LogP contribution in [-0.4, -0.2) is 23.9 Å². The molecule has 1 aromatic rings. The number of alkyl halides is 3. The molecule has 23 heavy (non-hydrogen) atoms. The minimum absolute atomic E-state index is 0.185. The number of carbonyl (C=O) groups excluding carboxylic acids is 3. The molecule has 0 bridgehead atoms. The first kappa shape index (κ1) is 18.3. The molecule has 1 atom stereocenters. The van der Waals surface area contributed by atoms with Crippen LogP contribution in [0.1, 0.15) is 24.1 Å². The van der Waals surface area contributed by atoms with Crippen molar-refractivity contribution < 1.29 is 27.6 Å². The third-order valence-corrected chi connectivity index (χ3v) is 2.91. The molecular formula is C13H15F3N4O3. The quantitative estimate of drug-likeness (QED) is 0.583. The number of benzene rings is 1.